The Labute approximate surface area is 183 Å². The van der Waals surface area contributed by atoms with Gasteiger partial charge in [-0.15, -0.1) is 0 Å². The largest absolute Gasteiger partial charge is 0.507 e. The molecule has 1 N–H and O–H groups in total. The molecule has 1 atom stereocenters. The summed E-state index contributed by atoms with van der Waals surface area (Å²) in [5.41, 5.74) is 0.650. The molecule has 3 aromatic rings. The van der Waals surface area contributed by atoms with Crippen LogP contribution in [0.4, 0.5) is 10.1 Å². The normalized spacial score (nSPS) is 17.5. The minimum atomic E-state index is -0.997. The summed E-state index contributed by atoms with van der Waals surface area (Å²) in [6.07, 6.45) is 3.05. The predicted octanol–water partition coefficient (Wildman–Crippen LogP) is 3.86. The van der Waals surface area contributed by atoms with Gasteiger partial charge in [0.15, 0.2) is 0 Å². The van der Waals surface area contributed by atoms with Crippen LogP contribution in [-0.2, 0) is 9.59 Å². The topological polar surface area (TPSA) is 89.0 Å². The van der Waals surface area contributed by atoms with Crippen molar-refractivity contribution < 1.29 is 28.6 Å². The second-order valence-electron chi connectivity index (χ2n) is 7.00. The molecule has 7 nitrogen and oxygen atoms in total. The zero-order valence-electron chi connectivity index (χ0n) is 17.3. The highest BCUT2D eigenvalue weighted by molar-refractivity contribution is 6.51. The first-order valence-electron chi connectivity index (χ1n) is 9.65. The standard InChI is InChI=1S/C24H19FN2O5/c1-31-17-7-3-6-16(12-17)27-21(14-5-4-10-26-13-14)20(23(29)24(27)30)22(28)18-11-15(25)8-9-19(18)32-2/h3-13,21,28H,1-2H3/b22-20+. The quantitative estimate of drug-likeness (QED) is 0.373. The van der Waals surface area contributed by atoms with Crippen LogP contribution in [0.3, 0.4) is 0 Å². The fraction of sp³-hybridized carbons (Fsp3) is 0.125. The Hall–Kier alpha value is -4.20. The van der Waals surface area contributed by atoms with Crippen LogP contribution in [0, 0.1) is 5.82 Å². The fourth-order valence-corrected chi connectivity index (χ4v) is 3.72. The van der Waals surface area contributed by atoms with Gasteiger partial charge in [0, 0.05) is 24.1 Å². The number of aliphatic hydroxyl groups is 1. The molecule has 1 aliphatic rings. The van der Waals surface area contributed by atoms with E-state index in [2.05, 4.69) is 4.98 Å². The molecule has 0 aliphatic carbocycles. The van der Waals surface area contributed by atoms with Crippen LogP contribution in [0.5, 0.6) is 11.5 Å². The number of hydrogen-bond donors (Lipinski definition) is 1. The number of carbonyl (C=O) groups is 2. The number of amides is 1. The SMILES string of the molecule is COc1cccc(N2C(=O)C(=O)/C(=C(/O)c3cc(F)ccc3OC)C2c2cccnc2)c1. The van der Waals surface area contributed by atoms with Gasteiger partial charge in [0.2, 0.25) is 0 Å². The smallest absolute Gasteiger partial charge is 0.300 e. The molecule has 4 rings (SSSR count). The van der Waals surface area contributed by atoms with Crippen molar-refractivity contribution in [3.05, 3.63) is 89.5 Å². The van der Waals surface area contributed by atoms with Crippen molar-refractivity contribution >= 4 is 23.1 Å². The number of halogens is 1. The van der Waals surface area contributed by atoms with Gasteiger partial charge in [-0.3, -0.25) is 19.5 Å². The van der Waals surface area contributed by atoms with Crippen molar-refractivity contribution in [3.8, 4) is 11.5 Å². The number of carbonyl (C=O) groups excluding carboxylic acids is 2. The van der Waals surface area contributed by atoms with E-state index in [0.717, 1.165) is 6.07 Å². The number of Topliss-reactive ketones (excluding diaryl/α,β-unsaturated/α-hetero) is 1. The molecule has 1 aromatic heterocycles. The van der Waals surface area contributed by atoms with Gasteiger partial charge in [0.1, 0.15) is 23.1 Å². The molecule has 1 saturated heterocycles. The summed E-state index contributed by atoms with van der Waals surface area (Å²) in [7, 11) is 2.85. The van der Waals surface area contributed by atoms with Gasteiger partial charge in [-0.2, -0.15) is 0 Å². The average Bonchev–Trinajstić information content (AvgIpc) is 3.09. The molecule has 0 bridgehead atoms. The Bertz CT molecular complexity index is 1230. The molecular formula is C24H19FN2O5. The van der Waals surface area contributed by atoms with E-state index < -0.39 is 29.3 Å². The van der Waals surface area contributed by atoms with E-state index >= 15 is 0 Å². The third-order valence-electron chi connectivity index (χ3n) is 5.19. The van der Waals surface area contributed by atoms with Crippen LogP contribution in [0.25, 0.3) is 5.76 Å². The van der Waals surface area contributed by atoms with E-state index in [9.17, 15) is 19.1 Å². The van der Waals surface area contributed by atoms with Gasteiger partial charge < -0.3 is 14.6 Å². The molecule has 8 heteroatoms. The predicted molar refractivity (Wildman–Crippen MR) is 115 cm³/mol. The second kappa shape index (κ2) is 8.50. The lowest BCUT2D eigenvalue weighted by molar-refractivity contribution is -0.132. The zero-order chi connectivity index (χ0) is 22.8. The molecule has 0 saturated carbocycles. The van der Waals surface area contributed by atoms with Crippen molar-refractivity contribution in [1.29, 1.82) is 0 Å². The van der Waals surface area contributed by atoms with Crippen molar-refractivity contribution in [3.63, 3.8) is 0 Å². The number of ketones is 1. The van der Waals surface area contributed by atoms with Gasteiger partial charge in [0.25, 0.3) is 11.7 Å². The van der Waals surface area contributed by atoms with Gasteiger partial charge in [-0.1, -0.05) is 12.1 Å². The lowest BCUT2D eigenvalue weighted by atomic mass is 9.95. The third kappa shape index (κ3) is 3.56. The number of hydrogen-bond acceptors (Lipinski definition) is 6. The van der Waals surface area contributed by atoms with Crippen LogP contribution in [0.1, 0.15) is 17.2 Å². The molecule has 1 amide bonds. The molecule has 0 spiro atoms. The van der Waals surface area contributed by atoms with Crippen LogP contribution >= 0.6 is 0 Å². The average molecular weight is 434 g/mol. The number of ether oxygens (including phenoxy) is 2. The lowest BCUT2D eigenvalue weighted by Gasteiger charge is -2.25. The highest BCUT2D eigenvalue weighted by Gasteiger charge is 2.47. The summed E-state index contributed by atoms with van der Waals surface area (Å²) >= 11 is 0. The maximum Gasteiger partial charge on any atom is 0.300 e. The first-order chi connectivity index (χ1) is 15.5. The van der Waals surface area contributed by atoms with E-state index in [1.54, 1.807) is 42.6 Å². The van der Waals surface area contributed by atoms with Crippen molar-refractivity contribution in [1.82, 2.24) is 4.98 Å². The molecule has 1 aliphatic heterocycles. The van der Waals surface area contributed by atoms with E-state index in [1.807, 2.05) is 0 Å². The van der Waals surface area contributed by atoms with E-state index in [1.165, 1.54) is 37.4 Å². The molecule has 1 unspecified atom stereocenters. The number of pyridine rings is 1. The Balaban J connectivity index is 1.98. The molecule has 162 valence electrons. The molecule has 0 radical (unpaired) electrons. The zero-order valence-corrected chi connectivity index (χ0v) is 17.3. The second-order valence-corrected chi connectivity index (χ2v) is 7.00. The Morgan fingerprint density at radius 3 is 2.56 bits per heavy atom. The number of nitrogens with zero attached hydrogens (tertiary/aromatic N) is 2. The first kappa shape index (κ1) is 21.0. The van der Waals surface area contributed by atoms with E-state index in [-0.39, 0.29) is 16.9 Å². The van der Waals surface area contributed by atoms with Gasteiger partial charge in [-0.25, -0.2) is 4.39 Å². The first-order valence-corrected chi connectivity index (χ1v) is 9.65. The number of rotatable bonds is 5. The molecule has 2 heterocycles. The summed E-state index contributed by atoms with van der Waals surface area (Å²) in [5, 5.41) is 11.1. The summed E-state index contributed by atoms with van der Waals surface area (Å²) in [6.45, 7) is 0. The van der Waals surface area contributed by atoms with Gasteiger partial charge in [0.05, 0.1) is 31.4 Å². The fourth-order valence-electron chi connectivity index (χ4n) is 3.72. The summed E-state index contributed by atoms with van der Waals surface area (Å²) in [5.74, 6) is -2.29. The number of benzene rings is 2. The van der Waals surface area contributed by atoms with Crippen LogP contribution in [0.2, 0.25) is 0 Å². The molecular weight excluding hydrogens is 415 g/mol. The monoisotopic (exact) mass is 434 g/mol. The van der Waals surface area contributed by atoms with E-state index in [0.29, 0.717) is 17.0 Å². The minimum Gasteiger partial charge on any atom is -0.507 e. The highest BCUT2D eigenvalue weighted by atomic mass is 19.1. The Kier molecular flexibility index (Phi) is 5.59. The van der Waals surface area contributed by atoms with Gasteiger partial charge in [-0.05, 0) is 42.0 Å². The van der Waals surface area contributed by atoms with Crippen LogP contribution in [-0.4, -0.2) is 36.0 Å². The summed E-state index contributed by atoms with van der Waals surface area (Å²) in [6, 6.07) is 12.6. The maximum absolute atomic E-state index is 14.0. The molecule has 1 fully saturated rings. The molecule has 2 aromatic carbocycles. The highest BCUT2D eigenvalue weighted by Crippen LogP contribution is 2.43. The van der Waals surface area contributed by atoms with Crippen LogP contribution in [0.15, 0.2) is 72.6 Å². The lowest BCUT2D eigenvalue weighted by Crippen LogP contribution is -2.29. The number of aromatic nitrogens is 1. The van der Waals surface area contributed by atoms with Crippen molar-refractivity contribution in [2.24, 2.45) is 0 Å². The van der Waals surface area contributed by atoms with Gasteiger partial charge >= 0.3 is 0 Å². The summed E-state index contributed by atoms with van der Waals surface area (Å²) in [4.78, 5) is 31.6. The Morgan fingerprint density at radius 2 is 1.88 bits per heavy atom. The minimum absolute atomic E-state index is 0.0370. The van der Waals surface area contributed by atoms with E-state index in [4.69, 9.17) is 9.47 Å². The van der Waals surface area contributed by atoms with Crippen molar-refractivity contribution in [2.45, 2.75) is 6.04 Å². The molecule has 32 heavy (non-hydrogen) atoms. The van der Waals surface area contributed by atoms with Crippen LogP contribution < -0.4 is 14.4 Å². The third-order valence-corrected chi connectivity index (χ3v) is 5.19. The number of aliphatic hydroxyl groups excluding tert-OH is 1. The Morgan fingerprint density at radius 1 is 1.06 bits per heavy atom. The van der Waals surface area contributed by atoms with Crippen molar-refractivity contribution in [2.75, 3.05) is 19.1 Å². The number of methoxy groups -OCH3 is 2. The number of anilines is 1. The summed E-state index contributed by atoms with van der Waals surface area (Å²) < 4.78 is 24.5. The maximum atomic E-state index is 14.0.